The van der Waals surface area contributed by atoms with E-state index in [-0.39, 0.29) is 22.8 Å². The zero-order valence-electron chi connectivity index (χ0n) is 18.0. The molecule has 1 N–H and O–H groups in total. The minimum atomic E-state index is -3.64. The van der Waals surface area contributed by atoms with Crippen LogP contribution in [0, 0.1) is 0 Å². The summed E-state index contributed by atoms with van der Waals surface area (Å²) < 4.78 is 32.7. The first kappa shape index (κ1) is 22.2. The van der Waals surface area contributed by atoms with Crippen LogP contribution in [0.15, 0.2) is 23.1 Å². The molecule has 2 heterocycles. The lowest BCUT2D eigenvalue weighted by Crippen LogP contribution is -2.50. The fourth-order valence-electron chi connectivity index (χ4n) is 4.84. The second-order valence-electron chi connectivity index (χ2n) is 8.61. The van der Waals surface area contributed by atoms with Gasteiger partial charge in [-0.1, -0.05) is 25.7 Å². The van der Waals surface area contributed by atoms with Crippen LogP contribution in [0.25, 0.3) is 0 Å². The number of carbonyl (C=O) groups excluding carboxylic acids is 2. The number of hydrogen-bond donors (Lipinski definition) is 1. The van der Waals surface area contributed by atoms with E-state index in [1.165, 1.54) is 35.0 Å². The molecule has 1 aliphatic carbocycles. The van der Waals surface area contributed by atoms with Gasteiger partial charge in [-0.3, -0.25) is 14.5 Å². The molecule has 2 aliphatic heterocycles. The first-order valence-corrected chi connectivity index (χ1v) is 12.6. The van der Waals surface area contributed by atoms with Gasteiger partial charge in [-0.25, -0.2) is 8.42 Å². The predicted octanol–water partition coefficient (Wildman–Crippen LogP) is 1.82. The highest BCUT2D eigenvalue weighted by Gasteiger charge is 2.38. The highest BCUT2D eigenvalue weighted by atomic mass is 32.2. The molecule has 1 saturated carbocycles. The highest BCUT2D eigenvalue weighted by molar-refractivity contribution is 7.89. The topological polar surface area (TPSA) is 96.0 Å². The van der Waals surface area contributed by atoms with Gasteiger partial charge < -0.3 is 10.1 Å². The van der Waals surface area contributed by atoms with E-state index in [0.717, 1.165) is 25.7 Å². The number of rotatable bonds is 4. The molecule has 2 fully saturated rings. The number of carbonyl (C=O) groups is 2. The van der Waals surface area contributed by atoms with Gasteiger partial charge in [-0.05, 0) is 36.6 Å². The van der Waals surface area contributed by atoms with E-state index in [4.69, 9.17) is 4.74 Å². The largest absolute Gasteiger partial charge is 0.379 e. The monoisotopic (exact) mass is 449 g/mol. The number of anilines is 1. The molecule has 31 heavy (non-hydrogen) atoms. The van der Waals surface area contributed by atoms with Crippen molar-refractivity contribution in [3.63, 3.8) is 0 Å². The fraction of sp³-hybridized carbons (Fsp3) is 0.636. The Bertz CT molecular complexity index is 934. The summed E-state index contributed by atoms with van der Waals surface area (Å²) >= 11 is 0. The van der Waals surface area contributed by atoms with E-state index in [2.05, 4.69) is 5.32 Å². The molecular formula is C22H31N3O5S. The number of nitrogens with zero attached hydrogens (tertiary/aromatic N) is 2. The third-order valence-electron chi connectivity index (χ3n) is 6.49. The third-order valence-corrected chi connectivity index (χ3v) is 8.38. The highest BCUT2D eigenvalue weighted by Crippen LogP contribution is 2.35. The Hall–Kier alpha value is -1.97. The Kier molecular flexibility index (Phi) is 6.64. The van der Waals surface area contributed by atoms with Gasteiger partial charge in [0.15, 0.2) is 0 Å². The summed E-state index contributed by atoms with van der Waals surface area (Å²) in [5, 5.41) is 3.14. The van der Waals surface area contributed by atoms with Crippen LogP contribution in [-0.4, -0.2) is 62.9 Å². The van der Waals surface area contributed by atoms with Gasteiger partial charge in [0.2, 0.25) is 21.8 Å². The summed E-state index contributed by atoms with van der Waals surface area (Å²) in [6.45, 7) is 2.85. The maximum atomic E-state index is 13.1. The van der Waals surface area contributed by atoms with Crippen molar-refractivity contribution in [3.05, 3.63) is 23.8 Å². The maximum absolute atomic E-state index is 13.1. The number of benzene rings is 1. The number of amides is 2. The molecule has 2 amide bonds. The van der Waals surface area contributed by atoms with Crippen molar-refractivity contribution in [1.29, 1.82) is 0 Å². The van der Waals surface area contributed by atoms with Crippen molar-refractivity contribution < 1.29 is 22.7 Å². The van der Waals surface area contributed by atoms with Gasteiger partial charge in [0.05, 0.1) is 18.1 Å². The zero-order chi connectivity index (χ0) is 22.0. The summed E-state index contributed by atoms with van der Waals surface area (Å²) in [7, 11) is -3.64. The van der Waals surface area contributed by atoms with Crippen molar-refractivity contribution in [2.45, 2.75) is 68.8 Å². The minimum Gasteiger partial charge on any atom is -0.379 e. The van der Waals surface area contributed by atoms with Crippen LogP contribution in [0.1, 0.15) is 51.0 Å². The number of morpholine rings is 1. The molecule has 0 unspecified atom stereocenters. The van der Waals surface area contributed by atoms with Crippen molar-refractivity contribution in [1.82, 2.24) is 9.62 Å². The molecule has 0 radical (unpaired) electrons. The van der Waals surface area contributed by atoms with Crippen molar-refractivity contribution in [2.24, 2.45) is 0 Å². The van der Waals surface area contributed by atoms with Crippen LogP contribution in [0.3, 0.4) is 0 Å². The van der Waals surface area contributed by atoms with Crippen LogP contribution in [0.5, 0.6) is 0 Å². The van der Waals surface area contributed by atoms with Crippen LogP contribution in [0.4, 0.5) is 5.69 Å². The van der Waals surface area contributed by atoms with E-state index >= 15 is 0 Å². The lowest BCUT2D eigenvalue weighted by molar-refractivity contribution is -0.126. The fourth-order valence-corrected chi connectivity index (χ4v) is 6.30. The average Bonchev–Trinajstić information content (AvgIpc) is 2.97. The molecule has 1 aromatic carbocycles. The number of sulfonamides is 1. The first-order valence-electron chi connectivity index (χ1n) is 11.2. The minimum absolute atomic E-state index is 0.143. The van der Waals surface area contributed by atoms with E-state index in [1.807, 2.05) is 0 Å². The van der Waals surface area contributed by atoms with Crippen molar-refractivity contribution in [2.75, 3.05) is 31.2 Å². The van der Waals surface area contributed by atoms with E-state index in [9.17, 15) is 18.0 Å². The van der Waals surface area contributed by atoms with E-state index in [1.54, 1.807) is 12.1 Å². The first-order chi connectivity index (χ1) is 14.9. The molecule has 0 bridgehead atoms. The summed E-state index contributed by atoms with van der Waals surface area (Å²) in [5.41, 5.74) is 1.33. The molecule has 0 spiro atoms. The predicted molar refractivity (Wildman–Crippen MR) is 116 cm³/mol. The molecule has 4 rings (SSSR count). The zero-order valence-corrected chi connectivity index (χ0v) is 18.8. The summed E-state index contributed by atoms with van der Waals surface area (Å²) in [5.74, 6) is -0.376. The second kappa shape index (κ2) is 9.26. The van der Waals surface area contributed by atoms with Gasteiger partial charge >= 0.3 is 0 Å². The Morgan fingerprint density at radius 2 is 1.74 bits per heavy atom. The SMILES string of the molecule is CC(=O)N1c2ccc(S(=O)(=O)N3CCOCC3)cc2C[C@H]1C(=O)NC1CCCCCC1. The van der Waals surface area contributed by atoms with Gasteiger partial charge in [0.25, 0.3) is 0 Å². The number of fused-ring (bicyclic) bond motifs is 1. The second-order valence-corrected chi connectivity index (χ2v) is 10.6. The molecule has 0 aromatic heterocycles. The van der Waals surface area contributed by atoms with Gasteiger partial charge in [-0.2, -0.15) is 4.31 Å². The molecule has 170 valence electrons. The average molecular weight is 450 g/mol. The molecule has 3 aliphatic rings. The molecule has 1 aromatic rings. The Morgan fingerprint density at radius 1 is 1.06 bits per heavy atom. The smallest absolute Gasteiger partial charge is 0.243 e. The lowest BCUT2D eigenvalue weighted by atomic mass is 10.1. The van der Waals surface area contributed by atoms with Crippen LogP contribution < -0.4 is 10.2 Å². The van der Waals surface area contributed by atoms with E-state index < -0.39 is 16.1 Å². The maximum Gasteiger partial charge on any atom is 0.243 e. The molecule has 8 nitrogen and oxygen atoms in total. The Labute approximate surface area is 184 Å². The number of nitrogens with one attached hydrogen (secondary N) is 1. The Morgan fingerprint density at radius 3 is 2.39 bits per heavy atom. The number of hydrogen-bond acceptors (Lipinski definition) is 5. The summed E-state index contributed by atoms with van der Waals surface area (Å²) in [6.07, 6.45) is 6.85. The number of ether oxygens (including phenoxy) is 1. The molecule has 1 atom stereocenters. The summed E-state index contributed by atoms with van der Waals surface area (Å²) in [6, 6.07) is 4.31. The molecule has 1 saturated heterocycles. The summed E-state index contributed by atoms with van der Waals surface area (Å²) in [4.78, 5) is 27.2. The van der Waals surface area contributed by atoms with Gasteiger partial charge in [0, 0.05) is 38.2 Å². The standard InChI is InChI=1S/C22H31N3O5S/c1-16(26)25-20-9-8-19(31(28,29)24-10-12-30-13-11-24)14-17(20)15-21(25)22(27)23-18-6-4-2-3-5-7-18/h8-9,14,18,21H,2-7,10-13,15H2,1H3,(H,23,27)/t21-/m0/s1. The normalized spacial score (nSPS) is 23.3. The van der Waals surface area contributed by atoms with Crippen molar-refractivity contribution >= 4 is 27.5 Å². The van der Waals surface area contributed by atoms with Gasteiger partial charge in [-0.15, -0.1) is 0 Å². The quantitative estimate of drug-likeness (QED) is 0.708. The van der Waals surface area contributed by atoms with Crippen LogP contribution in [0.2, 0.25) is 0 Å². The van der Waals surface area contributed by atoms with Crippen LogP contribution in [-0.2, 0) is 30.8 Å². The molecular weight excluding hydrogens is 418 g/mol. The van der Waals surface area contributed by atoms with Crippen LogP contribution >= 0.6 is 0 Å². The lowest BCUT2D eigenvalue weighted by Gasteiger charge is -2.27. The van der Waals surface area contributed by atoms with E-state index in [0.29, 0.717) is 44.0 Å². The Balaban J connectivity index is 1.55. The third kappa shape index (κ3) is 4.63. The molecule has 9 heteroatoms. The van der Waals surface area contributed by atoms with Gasteiger partial charge in [0.1, 0.15) is 6.04 Å². The van der Waals surface area contributed by atoms with Crippen molar-refractivity contribution in [3.8, 4) is 0 Å².